The van der Waals surface area contributed by atoms with Crippen LogP contribution in [0.4, 0.5) is 0 Å². The number of carbonyl (C=O) groups excluding carboxylic acids is 1. The molecule has 0 bridgehead atoms. The molecule has 3 heteroatoms. The quantitative estimate of drug-likeness (QED) is 0.563. The van der Waals surface area contributed by atoms with Crippen LogP contribution in [0.3, 0.4) is 0 Å². The fourth-order valence-corrected chi connectivity index (χ4v) is 2.10. The lowest BCUT2D eigenvalue weighted by atomic mass is 9.88. The Bertz CT molecular complexity index is 194. The Morgan fingerprint density at radius 2 is 2.07 bits per heavy atom. The van der Waals surface area contributed by atoms with Gasteiger partial charge in [0.15, 0.2) is 0 Å². The van der Waals surface area contributed by atoms with Crippen LogP contribution in [-0.4, -0.2) is 18.6 Å². The fraction of sp³-hybridized carbons (Fsp3) is 0.917. The van der Waals surface area contributed by atoms with Crippen molar-refractivity contribution in [2.75, 3.05) is 6.54 Å². The van der Waals surface area contributed by atoms with Crippen LogP contribution < -0.4 is 5.73 Å². The number of unbranched alkanes of at least 4 members (excludes halogenated alkanes) is 1. The van der Waals surface area contributed by atoms with E-state index in [-0.39, 0.29) is 12.1 Å². The van der Waals surface area contributed by atoms with Crippen LogP contribution in [0, 0.1) is 5.92 Å². The highest BCUT2D eigenvalue weighted by molar-refractivity contribution is 5.69. The highest BCUT2D eigenvalue weighted by Gasteiger charge is 2.24. The van der Waals surface area contributed by atoms with Crippen LogP contribution in [0.5, 0.6) is 0 Å². The molecule has 0 radical (unpaired) electrons. The second kappa shape index (κ2) is 6.83. The minimum Gasteiger partial charge on any atom is -0.462 e. The molecule has 0 aromatic heterocycles. The van der Waals surface area contributed by atoms with Gasteiger partial charge in [0.1, 0.15) is 6.10 Å². The molecule has 15 heavy (non-hydrogen) atoms. The molecular formula is C12H23NO2. The van der Waals surface area contributed by atoms with E-state index in [2.05, 4.69) is 6.92 Å². The van der Waals surface area contributed by atoms with Gasteiger partial charge in [-0.3, -0.25) is 4.79 Å². The third kappa shape index (κ3) is 4.65. The van der Waals surface area contributed by atoms with E-state index >= 15 is 0 Å². The zero-order valence-corrected chi connectivity index (χ0v) is 9.71. The molecule has 1 fully saturated rings. The van der Waals surface area contributed by atoms with E-state index in [1.165, 1.54) is 19.3 Å². The monoisotopic (exact) mass is 213 g/mol. The van der Waals surface area contributed by atoms with Crippen LogP contribution >= 0.6 is 0 Å². The van der Waals surface area contributed by atoms with Crippen molar-refractivity contribution in [2.45, 2.75) is 58.0 Å². The average molecular weight is 213 g/mol. The predicted octanol–water partition coefficient (Wildman–Crippen LogP) is 2.24. The normalized spacial score (nSPS) is 26.3. The summed E-state index contributed by atoms with van der Waals surface area (Å²) in [6, 6.07) is 0. The van der Waals surface area contributed by atoms with Crippen molar-refractivity contribution in [1.82, 2.24) is 0 Å². The van der Waals surface area contributed by atoms with E-state index in [0.29, 0.717) is 18.9 Å². The van der Waals surface area contributed by atoms with E-state index in [1.54, 1.807) is 0 Å². The number of nitrogens with two attached hydrogens (primary N) is 1. The molecule has 0 spiro atoms. The predicted molar refractivity (Wildman–Crippen MR) is 60.4 cm³/mol. The van der Waals surface area contributed by atoms with Crippen LogP contribution in [0.2, 0.25) is 0 Å². The summed E-state index contributed by atoms with van der Waals surface area (Å²) >= 11 is 0. The lowest BCUT2D eigenvalue weighted by Gasteiger charge is -2.28. The van der Waals surface area contributed by atoms with Gasteiger partial charge in [0.2, 0.25) is 0 Å². The average Bonchev–Trinajstić information content (AvgIpc) is 2.22. The van der Waals surface area contributed by atoms with Gasteiger partial charge in [0.05, 0.1) is 0 Å². The summed E-state index contributed by atoms with van der Waals surface area (Å²) in [6.45, 7) is 2.84. The first kappa shape index (κ1) is 12.5. The Hall–Kier alpha value is -0.570. The molecule has 1 saturated carbocycles. The molecule has 0 amide bonds. The third-order valence-electron chi connectivity index (χ3n) is 3.15. The SMILES string of the molecule is CC1CCCCC1OC(=O)CCCCN. The van der Waals surface area contributed by atoms with Crippen LogP contribution in [-0.2, 0) is 9.53 Å². The molecule has 0 aliphatic heterocycles. The number of ether oxygens (including phenoxy) is 1. The maximum absolute atomic E-state index is 11.5. The van der Waals surface area contributed by atoms with Gasteiger partial charge in [-0.1, -0.05) is 13.3 Å². The fourth-order valence-electron chi connectivity index (χ4n) is 2.10. The van der Waals surface area contributed by atoms with Crippen LogP contribution in [0.15, 0.2) is 0 Å². The minimum atomic E-state index is -0.0396. The molecule has 2 atom stereocenters. The summed E-state index contributed by atoms with van der Waals surface area (Å²) in [4.78, 5) is 11.5. The Kier molecular flexibility index (Phi) is 5.69. The first-order valence-corrected chi connectivity index (χ1v) is 6.13. The number of hydrogen-bond donors (Lipinski definition) is 1. The van der Waals surface area contributed by atoms with E-state index in [0.717, 1.165) is 19.3 Å². The van der Waals surface area contributed by atoms with Gasteiger partial charge < -0.3 is 10.5 Å². The second-order valence-corrected chi connectivity index (χ2v) is 4.54. The Balaban J connectivity index is 2.18. The Morgan fingerprint density at radius 1 is 1.33 bits per heavy atom. The van der Waals surface area contributed by atoms with Crippen molar-refractivity contribution in [3.63, 3.8) is 0 Å². The van der Waals surface area contributed by atoms with E-state index in [4.69, 9.17) is 10.5 Å². The second-order valence-electron chi connectivity index (χ2n) is 4.54. The van der Waals surface area contributed by atoms with Crippen molar-refractivity contribution < 1.29 is 9.53 Å². The van der Waals surface area contributed by atoms with E-state index < -0.39 is 0 Å². The highest BCUT2D eigenvalue weighted by atomic mass is 16.5. The van der Waals surface area contributed by atoms with E-state index in [9.17, 15) is 4.79 Å². The lowest BCUT2D eigenvalue weighted by molar-refractivity contribution is -0.153. The molecule has 3 nitrogen and oxygen atoms in total. The summed E-state index contributed by atoms with van der Waals surface area (Å²) < 4.78 is 5.47. The number of rotatable bonds is 5. The zero-order valence-electron chi connectivity index (χ0n) is 9.71. The summed E-state index contributed by atoms with van der Waals surface area (Å²) in [5.41, 5.74) is 5.37. The number of hydrogen-bond acceptors (Lipinski definition) is 3. The molecule has 1 rings (SSSR count). The summed E-state index contributed by atoms with van der Waals surface area (Å²) in [6.07, 6.45) is 7.19. The van der Waals surface area contributed by atoms with Crippen LogP contribution in [0.1, 0.15) is 51.9 Å². The first-order valence-electron chi connectivity index (χ1n) is 6.13. The minimum absolute atomic E-state index is 0.0396. The molecule has 1 aliphatic carbocycles. The molecule has 2 N–H and O–H groups in total. The first-order chi connectivity index (χ1) is 7.24. The van der Waals surface area contributed by atoms with E-state index in [1.807, 2.05) is 0 Å². The smallest absolute Gasteiger partial charge is 0.306 e. The van der Waals surface area contributed by atoms with Crippen molar-refractivity contribution in [1.29, 1.82) is 0 Å². The zero-order chi connectivity index (χ0) is 11.1. The van der Waals surface area contributed by atoms with Crippen molar-refractivity contribution in [3.05, 3.63) is 0 Å². The van der Waals surface area contributed by atoms with Crippen molar-refractivity contribution >= 4 is 5.97 Å². The molecule has 88 valence electrons. The topological polar surface area (TPSA) is 52.3 Å². The van der Waals surface area contributed by atoms with Gasteiger partial charge >= 0.3 is 5.97 Å². The standard InChI is InChI=1S/C12H23NO2/c1-10-6-2-3-7-11(10)15-12(14)8-4-5-9-13/h10-11H,2-9,13H2,1H3. The van der Waals surface area contributed by atoms with Gasteiger partial charge in [-0.15, -0.1) is 0 Å². The largest absolute Gasteiger partial charge is 0.462 e. The van der Waals surface area contributed by atoms with Crippen molar-refractivity contribution in [3.8, 4) is 0 Å². The lowest BCUT2D eigenvalue weighted by Crippen LogP contribution is -2.28. The molecular weight excluding hydrogens is 190 g/mol. The number of carbonyl (C=O) groups is 1. The van der Waals surface area contributed by atoms with Gasteiger partial charge in [0.25, 0.3) is 0 Å². The third-order valence-corrected chi connectivity index (χ3v) is 3.15. The van der Waals surface area contributed by atoms with Gasteiger partial charge in [-0.05, 0) is 44.6 Å². The van der Waals surface area contributed by atoms with Crippen LogP contribution in [0.25, 0.3) is 0 Å². The maximum Gasteiger partial charge on any atom is 0.306 e. The molecule has 0 aromatic rings. The number of esters is 1. The highest BCUT2D eigenvalue weighted by Crippen LogP contribution is 2.26. The molecule has 1 aliphatic rings. The summed E-state index contributed by atoms with van der Waals surface area (Å²) in [7, 11) is 0. The summed E-state index contributed by atoms with van der Waals surface area (Å²) in [5, 5.41) is 0. The Morgan fingerprint density at radius 3 is 2.73 bits per heavy atom. The molecule has 0 heterocycles. The molecule has 0 aromatic carbocycles. The molecule has 0 saturated heterocycles. The van der Waals surface area contributed by atoms with Gasteiger partial charge in [-0.25, -0.2) is 0 Å². The van der Waals surface area contributed by atoms with Gasteiger partial charge in [-0.2, -0.15) is 0 Å². The van der Waals surface area contributed by atoms with Crippen molar-refractivity contribution in [2.24, 2.45) is 11.7 Å². The maximum atomic E-state index is 11.5. The Labute approximate surface area is 92.4 Å². The molecule has 2 unspecified atom stereocenters. The summed E-state index contributed by atoms with van der Waals surface area (Å²) in [5.74, 6) is 0.499. The van der Waals surface area contributed by atoms with Gasteiger partial charge in [0, 0.05) is 6.42 Å².